The second kappa shape index (κ2) is 14.6. The number of amides is 1. The molecule has 2 aromatic carbocycles. The maximum Gasteiger partial charge on any atom is 0.306 e. The van der Waals surface area contributed by atoms with Gasteiger partial charge in [-0.2, -0.15) is 0 Å². The third-order valence-corrected chi connectivity index (χ3v) is 6.72. The highest BCUT2D eigenvalue weighted by molar-refractivity contribution is 5.83. The van der Waals surface area contributed by atoms with E-state index >= 15 is 0 Å². The lowest BCUT2D eigenvalue weighted by atomic mass is 9.95. The highest BCUT2D eigenvalue weighted by Gasteiger charge is 2.28. The fourth-order valence-corrected chi connectivity index (χ4v) is 5.01. The van der Waals surface area contributed by atoms with Crippen LogP contribution in [0, 0.1) is 0 Å². The van der Waals surface area contributed by atoms with Crippen molar-refractivity contribution in [2.24, 2.45) is 0 Å². The minimum Gasteiger partial charge on any atom is -0.466 e. The molecule has 6 nitrogen and oxygen atoms in total. The maximum atomic E-state index is 13.7. The van der Waals surface area contributed by atoms with Gasteiger partial charge in [-0.1, -0.05) is 55.8 Å². The molecule has 1 N–H and O–H groups in total. The second-order valence-corrected chi connectivity index (χ2v) is 9.30. The van der Waals surface area contributed by atoms with Gasteiger partial charge in [0.2, 0.25) is 0 Å². The van der Waals surface area contributed by atoms with Crippen LogP contribution in [0.1, 0.15) is 88.1 Å². The largest absolute Gasteiger partial charge is 0.466 e. The first-order chi connectivity index (χ1) is 17.6. The number of para-hydroxylation sites is 1. The third-order valence-electron chi connectivity index (χ3n) is 6.72. The van der Waals surface area contributed by atoms with E-state index in [1.165, 1.54) is 30.5 Å². The molecule has 2 aromatic rings. The van der Waals surface area contributed by atoms with Crippen LogP contribution in [0.5, 0.6) is 0 Å². The molecular weight excluding hydrogens is 452 g/mol. The van der Waals surface area contributed by atoms with Crippen LogP contribution in [0.25, 0.3) is 0 Å². The first-order valence-electron chi connectivity index (χ1n) is 13.6. The first kappa shape index (κ1) is 27.7. The monoisotopic (exact) mass is 494 g/mol. The summed E-state index contributed by atoms with van der Waals surface area (Å²) in [6, 6.07) is 16.1. The summed E-state index contributed by atoms with van der Waals surface area (Å²) in [5.74, 6) is -0.380. The molecule has 0 bridgehead atoms. The Balaban J connectivity index is 1.84. The molecule has 0 aromatic heterocycles. The van der Waals surface area contributed by atoms with Crippen molar-refractivity contribution in [1.82, 2.24) is 5.32 Å². The summed E-state index contributed by atoms with van der Waals surface area (Å²) < 4.78 is 11.1. The number of esters is 1. The number of hydrogen-bond donors (Lipinski definition) is 1. The number of ether oxygens (including phenoxy) is 2. The van der Waals surface area contributed by atoms with Crippen LogP contribution in [-0.4, -0.2) is 38.2 Å². The summed E-state index contributed by atoms with van der Waals surface area (Å²) in [7, 11) is 0. The fraction of sp³-hybridized carbons (Fsp3) is 0.533. The molecule has 1 aliphatic heterocycles. The van der Waals surface area contributed by atoms with Gasteiger partial charge in [0.25, 0.3) is 5.91 Å². The summed E-state index contributed by atoms with van der Waals surface area (Å²) in [5, 5.41) is 3.33. The molecule has 3 rings (SSSR count). The zero-order valence-electron chi connectivity index (χ0n) is 22.1. The van der Waals surface area contributed by atoms with Crippen molar-refractivity contribution in [3.63, 3.8) is 0 Å². The van der Waals surface area contributed by atoms with Gasteiger partial charge in [-0.15, -0.1) is 0 Å². The lowest BCUT2D eigenvalue weighted by Gasteiger charge is -2.33. The maximum absolute atomic E-state index is 13.7. The standard InChI is InChI=1S/C30H42N2O4/c1-4-14-26(25-17-10-11-18-27(25)32-21-12-7-13-22-32)31-30(34)29(36-6-3)24-16-9-8-15-23(24)19-20-28(33)35-5-2/h8-11,15-18,26,29H,4-7,12-14,19-22H2,1-3H3,(H,31,34). The van der Waals surface area contributed by atoms with Crippen LogP contribution < -0.4 is 10.2 Å². The van der Waals surface area contributed by atoms with E-state index in [0.717, 1.165) is 37.1 Å². The van der Waals surface area contributed by atoms with Gasteiger partial charge in [0.05, 0.1) is 12.6 Å². The molecule has 0 spiro atoms. The van der Waals surface area contributed by atoms with Crippen LogP contribution in [0.4, 0.5) is 5.69 Å². The topological polar surface area (TPSA) is 67.9 Å². The van der Waals surface area contributed by atoms with Gasteiger partial charge in [0.15, 0.2) is 6.10 Å². The van der Waals surface area contributed by atoms with Gasteiger partial charge in [-0.3, -0.25) is 9.59 Å². The summed E-state index contributed by atoms with van der Waals surface area (Å²) in [4.78, 5) is 28.1. The second-order valence-electron chi connectivity index (χ2n) is 9.30. The van der Waals surface area contributed by atoms with E-state index in [1.807, 2.05) is 31.2 Å². The quantitative estimate of drug-likeness (QED) is 0.351. The Morgan fingerprint density at radius 1 is 0.917 bits per heavy atom. The molecule has 196 valence electrons. The number of benzene rings is 2. The van der Waals surface area contributed by atoms with E-state index in [0.29, 0.717) is 19.6 Å². The lowest BCUT2D eigenvalue weighted by molar-refractivity contribution is -0.143. The average molecular weight is 495 g/mol. The van der Waals surface area contributed by atoms with E-state index in [-0.39, 0.29) is 24.3 Å². The van der Waals surface area contributed by atoms with Crippen molar-refractivity contribution in [3.8, 4) is 0 Å². The Hall–Kier alpha value is -2.86. The zero-order chi connectivity index (χ0) is 25.8. The first-order valence-corrected chi connectivity index (χ1v) is 13.6. The molecule has 36 heavy (non-hydrogen) atoms. The number of piperidine rings is 1. The van der Waals surface area contributed by atoms with E-state index in [1.54, 1.807) is 6.92 Å². The molecule has 2 atom stereocenters. The molecule has 1 heterocycles. The van der Waals surface area contributed by atoms with Gasteiger partial charge in [-0.25, -0.2) is 0 Å². The summed E-state index contributed by atoms with van der Waals surface area (Å²) in [6.45, 7) is 8.73. The highest BCUT2D eigenvalue weighted by atomic mass is 16.5. The molecule has 1 fully saturated rings. The number of rotatable bonds is 13. The number of anilines is 1. The predicted octanol–water partition coefficient (Wildman–Crippen LogP) is 5.91. The third kappa shape index (κ3) is 7.57. The van der Waals surface area contributed by atoms with Crippen LogP contribution in [0.2, 0.25) is 0 Å². The highest BCUT2D eigenvalue weighted by Crippen LogP contribution is 2.32. The molecule has 1 amide bonds. The smallest absolute Gasteiger partial charge is 0.306 e. The Morgan fingerprint density at radius 2 is 1.61 bits per heavy atom. The minimum absolute atomic E-state index is 0.102. The van der Waals surface area contributed by atoms with Crippen molar-refractivity contribution < 1.29 is 19.1 Å². The minimum atomic E-state index is -0.741. The van der Waals surface area contributed by atoms with Gasteiger partial charge >= 0.3 is 5.97 Å². The number of nitrogens with zero attached hydrogens (tertiary/aromatic N) is 1. The summed E-state index contributed by atoms with van der Waals surface area (Å²) in [6.07, 6.45) is 5.51. The molecule has 0 radical (unpaired) electrons. The van der Waals surface area contributed by atoms with Gasteiger partial charge in [0, 0.05) is 31.8 Å². The van der Waals surface area contributed by atoms with Crippen LogP contribution in [-0.2, 0) is 25.5 Å². The summed E-state index contributed by atoms with van der Waals surface area (Å²) in [5.41, 5.74) is 4.12. The lowest BCUT2D eigenvalue weighted by Crippen LogP contribution is -2.36. The molecule has 0 aliphatic carbocycles. The Morgan fingerprint density at radius 3 is 2.31 bits per heavy atom. The number of carbonyl (C=O) groups excluding carboxylic acids is 2. The van der Waals surface area contributed by atoms with E-state index < -0.39 is 6.10 Å². The van der Waals surface area contributed by atoms with Crippen molar-refractivity contribution in [2.45, 2.75) is 77.9 Å². The Labute approximate surface area is 216 Å². The Bertz CT molecular complexity index is 971. The van der Waals surface area contributed by atoms with E-state index in [2.05, 4.69) is 41.4 Å². The molecule has 1 aliphatic rings. The van der Waals surface area contributed by atoms with Crippen molar-refractivity contribution >= 4 is 17.6 Å². The van der Waals surface area contributed by atoms with E-state index in [4.69, 9.17) is 9.47 Å². The zero-order valence-corrected chi connectivity index (χ0v) is 22.1. The molecule has 1 saturated heterocycles. The van der Waals surface area contributed by atoms with Crippen LogP contribution in [0.15, 0.2) is 48.5 Å². The van der Waals surface area contributed by atoms with Crippen molar-refractivity contribution in [1.29, 1.82) is 0 Å². The van der Waals surface area contributed by atoms with Crippen LogP contribution >= 0.6 is 0 Å². The fourth-order valence-electron chi connectivity index (χ4n) is 5.01. The molecular formula is C30H42N2O4. The SMILES string of the molecule is CCCC(NC(=O)C(OCC)c1ccccc1CCC(=O)OCC)c1ccccc1N1CCCCC1. The number of carbonyl (C=O) groups is 2. The number of nitrogens with one attached hydrogen (secondary N) is 1. The van der Waals surface area contributed by atoms with Crippen molar-refractivity contribution in [3.05, 3.63) is 65.2 Å². The van der Waals surface area contributed by atoms with Gasteiger partial charge < -0.3 is 19.7 Å². The van der Waals surface area contributed by atoms with Crippen LogP contribution in [0.3, 0.4) is 0 Å². The average Bonchev–Trinajstić information content (AvgIpc) is 2.91. The summed E-state index contributed by atoms with van der Waals surface area (Å²) >= 11 is 0. The molecule has 0 saturated carbocycles. The van der Waals surface area contributed by atoms with Crippen molar-refractivity contribution in [2.75, 3.05) is 31.2 Å². The Kier molecular flexibility index (Phi) is 11.3. The van der Waals surface area contributed by atoms with E-state index in [9.17, 15) is 9.59 Å². The number of aryl methyl sites for hydroxylation is 1. The predicted molar refractivity (Wildman–Crippen MR) is 144 cm³/mol. The molecule has 6 heteroatoms. The van der Waals surface area contributed by atoms with Gasteiger partial charge in [-0.05, 0) is 68.7 Å². The normalized spacial score (nSPS) is 15.2. The number of hydrogen-bond acceptors (Lipinski definition) is 5. The van der Waals surface area contributed by atoms with Gasteiger partial charge in [0.1, 0.15) is 0 Å². The molecule has 2 unspecified atom stereocenters.